The van der Waals surface area contributed by atoms with E-state index in [1.165, 1.54) is 18.3 Å². The highest BCUT2D eigenvalue weighted by Gasteiger charge is 2.38. The second-order valence-corrected chi connectivity index (χ2v) is 6.76. The van der Waals surface area contributed by atoms with Gasteiger partial charge in [-0.05, 0) is 25.3 Å². The third kappa shape index (κ3) is 3.29. The molecule has 7 heteroatoms. The van der Waals surface area contributed by atoms with Crippen molar-refractivity contribution in [3.63, 3.8) is 0 Å². The van der Waals surface area contributed by atoms with Crippen LogP contribution in [0, 0.1) is 17.2 Å². The molecule has 22 heavy (non-hydrogen) atoms. The molecule has 2 rings (SSSR count). The van der Waals surface area contributed by atoms with Gasteiger partial charge in [0.1, 0.15) is 5.92 Å². The van der Waals surface area contributed by atoms with Crippen molar-refractivity contribution in [2.75, 3.05) is 5.75 Å². The number of allylic oxidation sites excluding steroid dienone is 2. The summed E-state index contributed by atoms with van der Waals surface area (Å²) in [5.74, 6) is -2.24. The maximum Gasteiger partial charge on any atom is 0.313 e. The van der Waals surface area contributed by atoms with Gasteiger partial charge >= 0.3 is 5.97 Å². The Bertz CT molecular complexity index is 699. The molecule has 2 heterocycles. The van der Waals surface area contributed by atoms with Crippen LogP contribution in [0.4, 0.5) is 0 Å². The number of nitriles is 1. The van der Waals surface area contributed by atoms with Crippen molar-refractivity contribution in [1.82, 2.24) is 0 Å². The quantitative estimate of drug-likeness (QED) is 0.914. The molecule has 1 N–H and O–H groups in total. The van der Waals surface area contributed by atoms with E-state index in [4.69, 9.17) is 5.11 Å². The van der Waals surface area contributed by atoms with Crippen molar-refractivity contribution >= 4 is 39.9 Å². The summed E-state index contributed by atoms with van der Waals surface area (Å²) >= 11 is 2.52. The number of carbonyl (C=O) groups excluding carboxylic acids is 1. The Balaban J connectivity index is 2.50. The molecule has 0 aliphatic carbocycles. The Labute approximate surface area is 136 Å². The van der Waals surface area contributed by atoms with Gasteiger partial charge in [0.25, 0.3) is 0 Å². The minimum absolute atomic E-state index is 0.109. The molecular weight excluding hydrogens is 320 g/mol. The highest BCUT2D eigenvalue weighted by atomic mass is 32.2. The molecule has 2 atom stereocenters. The number of Topliss-reactive ketones (excluding diaryl/α,β-unsaturated/α-hetero) is 1. The summed E-state index contributed by atoms with van der Waals surface area (Å²) in [5.41, 5.74) is 1.10. The smallest absolute Gasteiger partial charge is 0.313 e. The molecule has 0 radical (unpaired) electrons. The highest BCUT2D eigenvalue weighted by molar-refractivity contribution is 8.14. The van der Waals surface area contributed by atoms with Crippen LogP contribution in [0.25, 0.3) is 0 Å². The lowest BCUT2D eigenvalue weighted by Crippen LogP contribution is -2.28. The van der Waals surface area contributed by atoms with Gasteiger partial charge in [-0.15, -0.1) is 11.3 Å². The molecule has 0 amide bonds. The number of thioether (sulfide) groups is 1. The lowest BCUT2D eigenvalue weighted by molar-refractivity contribution is -0.133. The number of hydrogen-bond donors (Lipinski definition) is 1. The van der Waals surface area contributed by atoms with Crippen LogP contribution < -0.4 is 0 Å². The lowest BCUT2D eigenvalue weighted by atomic mass is 9.81. The van der Waals surface area contributed by atoms with Crippen LogP contribution in [-0.2, 0) is 9.59 Å². The fraction of sp³-hybridized carbons (Fsp3) is 0.333. The number of aliphatic imine (C=N–C) groups is 1. The third-order valence-electron chi connectivity index (χ3n) is 3.29. The lowest BCUT2D eigenvalue weighted by Gasteiger charge is -2.28. The first-order valence-electron chi connectivity index (χ1n) is 6.53. The number of hydrogen-bond acceptors (Lipinski definition) is 6. The van der Waals surface area contributed by atoms with Gasteiger partial charge < -0.3 is 5.11 Å². The number of aliphatic carboxylic acids is 1. The Hall–Kier alpha value is -1.91. The van der Waals surface area contributed by atoms with E-state index in [9.17, 15) is 14.9 Å². The predicted octanol–water partition coefficient (Wildman–Crippen LogP) is 3.06. The van der Waals surface area contributed by atoms with Crippen molar-refractivity contribution in [2.24, 2.45) is 10.9 Å². The van der Waals surface area contributed by atoms with Gasteiger partial charge in [0.05, 0.1) is 16.9 Å². The number of nitrogens with zero attached hydrogens (tertiary/aromatic N) is 2. The average molecular weight is 334 g/mol. The molecule has 0 saturated heterocycles. The topological polar surface area (TPSA) is 90.5 Å². The monoisotopic (exact) mass is 334 g/mol. The molecule has 0 saturated carbocycles. The first kappa shape index (κ1) is 16.5. The number of carbonyl (C=O) groups is 2. The number of carboxylic acids is 1. The van der Waals surface area contributed by atoms with Gasteiger partial charge in [0, 0.05) is 22.1 Å². The minimum Gasteiger partial charge on any atom is -0.481 e. The zero-order valence-corrected chi connectivity index (χ0v) is 13.7. The summed E-state index contributed by atoms with van der Waals surface area (Å²) < 4.78 is 0. The van der Waals surface area contributed by atoms with Crippen molar-refractivity contribution in [2.45, 2.75) is 19.8 Å². The fourth-order valence-electron chi connectivity index (χ4n) is 2.47. The van der Waals surface area contributed by atoms with Gasteiger partial charge in [0.15, 0.2) is 5.78 Å². The van der Waals surface area contributed by atoms with Gasteiger partial charge in [-0.25, -0.2) is 4.99 Å². The summed E-state index contributed by atoms with van der Waals surface area (Å²) in [6.07, 6.45) is 0. The molecule has 0 spiro atoms. The summed E-state index contributed by atoms with van der Waals surface area (Å²) in [4.78, 5) is 28.0. The summed E-state index contributed by atoms with van der Waals surface area (Å²) in [5, 5.41) is 20.8. The van der Waals surface area contributed by atoms with E-state index in [1.54, 1.807) is 6.92 Å². The Morgan fingerprint density at radius 2 is 2.27 bits per heavy atom. The van der Waals surface area contributed by atoms with E-state index in [2.05, 4.69) is 11.1 Å². The van der Waals surface area contributed by atoms with Gasteiger partial charge in [-0.3, -0.25) is 9.59 Å². The highest BCUT2D eigenvalue weighted by Crippen LogP contribution is 2.42. The van der Waals surface area contributed by atoms with E-state index in [1.807, 2.05) is 17.5 Å². The van der Waals surface area contributed by atoms with E-state index in [0.29, 0.717) is 16.3 Å². The number of rotatable bonds is 4. The molecule has 114 valence electrons. The Kier molecular flexibility index (Phi) is 5.16. The Morgan fingerprint density at radius 1 is 1.55 bits per heavy atom. The van der Waals surface area contributed by atoms with E-state index >= 15 is 0 Å². The molecule has 1 aromatic rings. The molecule has 0 bridgehead atoms. The van der Waals surface area contributed by atoms with Crippen LogP contribution in [-0.4, -0.2) is 27.7 Å². The van der Waals surface area contributed by atoms with Crippen LogP contribution in [0.2, 0.25) is 0 Å². The Morgan fingerprint density at radius 3 is 2.77 bits per heavy atom. The van der Waals surface area contributed by atoms with E-state index in [-0.39, 0.29) is 17.5 Å². The molecule has 2 unspecified atom stereocenters. The molecular formula is C15H14N2O3S2. The summed E-state index contributed by atoms with van der Waals surface area (Å²) in [6.45, 7) is 3.20. The van der Waals surface area contributed by atoms with E-state index < -0.39 is 11.9 Å². The van der Waals surface area contributed by atoms with Gasteiger partial charge in [-0.2, -0.15) is 5.26 Å². The second-order valence-electron chi connectivity index (χ2n) is 4.79. The molecule has 1 aliphatic heterocycles. The zero-order valence-electron chi connectivity index (χ0n) is 12.1. The van der Waals surface area contributed by atoms with Crippen LogP contribution in [0.15, 0.2) is 33.8 Å². The maximum atomic E-state index is 12.0. The SMILES string of the molecule is CC(=O)C1=C(C)N=C(SCC(=O)O)C(C#N)C1c1cccs1. The van der Waals surface area contributed by atoms with Crippen LogP contribution in [0.1, 0.15) is 24.6 Å². The normalized spacial score (nSPS) is 21.2. The molecule has 0 aromatic carbocycles. The molecule has 1 aromatic heterocycles. The standard InChI is InChI=1S/C15H14N2O3S2/c1-8-13(9(2)18)14(11-4-3-5-21-11)10(6-16)15(17-8)22-7-12(19)20/h3-5,10,14H,7H2,1-2H3,(H,19,20). The first-order chi connectivity index (χ1) is 10.5. The average Bonchev–Trinajstić information content (AvgIpc) is 2.97. The predicted molar refractivity (Wildman–Crippen MR) is 87.1 cm³/mol. The summed E-state index contributed by atoms with van der Waals surface area (Å²) in [6, 6.07) is 5.96. The fourth-order valence-corrected chi connectivity index (χ4v) is 4.18. The van der Waals surface area contributed by atoms with Crippen molar-refractivity contribution in [1.29, 1.82) is 5.26 Å². The zero-order chi connectivity index (χ0) is 16.3. The molecule has 1 aliphatic rings. The summed E-state index contributed by atoms with van der Waals surface area (Å²) in [7, 11) is 0. The number of thiophene rings is 1. The van der Waals surface area contributed by atoms with Gasteiger partial charge in [0.2, 0.25) is 0 Å². The van der Waals surface area contributed by atoms with Crippen LogP contribution >= 0.6 is 23.1 Å². The van der Waals surface area contributed by atoms with E-state index in [0.717, 1.165) is 16.6 Å². The van der Waals surface area contributed by atoms with Crippen molar-refractivity contribution in [3.05, 3.63) is 33.7 Å². The van der Waals surface area contributed by atoms with Crippen LogP contribution in [0.3, 0.4) is 0 Å². The molecule has 0 fully saturated rings. The number of carboxylic acid groups (broad SMARTS) is 1. The minimum atomic E-state index is -0.962. The first-order valence-corrected chi connectivity index (χ1v) is 8.40. The third-order valence-corrected chi connectivity index (χ3v) is 5.28. The van der Waals surface area contributed by atoms with Crippen LogP contribution in [0.5, 0.6) is 0 Å². The largest absolute Gasteiger partial charge is 0.481 e. The molecule has 5 nitrogen and oxygen atoms in total. The number of ketones is 1. The van der Waals surface area contributed by atoms with Gasteiger partial charge in [-0.1, -0.05) is 17.8 Å². The van der Waals surface area contributed by atoms with Crippen molar-refractivity contribution in [3.8, 4) is 6.07 Å². The van der Waals surface area contributed by atoms with Crippen molar-refractivity contribution < 1.29 is 14.7 Å². The maximum absolute atomic E-state index is 12.0. The second kappa shape index (κ2) is 6.90.